The number of hydrogen-bond donors (Lipinski definition) is 2. The lowest BCUT2D eigenvalue weighted by Crippen LogP contribution is -2.14. The summed E-state index contributed by atoms with van der Waals surface area (Å²) in [5.41, 5.74) is 0. The van der Waals surface area contributed by atoms with Crippen LogP contribution in [-0.2, 0) is 16.6 Å². The van der Waals surface area contributed by atoms with Crippen LogP contribution in [0.15, 0.2) is 20.9 Å². The van der Waals surface area contributed by atoms with Crippen molar-refractivity contribution in [3.05, 3.63) is 25.8 Å². The summed E-state index contributed by atoms with van der Waals surface area (Å²) in [6.07, 6.45) is 4.07. The lowest BCUT2D eigenvalue weighted by atomic mass is 10.4. The third kappa shape index (κ3) is 3.84. The monoisotopic (exact) mass is 407 g/mol. The molecule has 9 heteroatoms. The second-order valence-corrected chi connectivity index (χ2v) is 10.2. The minimum atomic E-state index is -3.60. The third-order valence-electron chi connectivity index (χ3n) is 2.98. The van der Waals surface area contributed by atoms with Crippen LogP contribution in [0.3, 0.4) is 0 Å². The Morgan fingerprint density at radius 3 is 2.81 bits per heavy atom. The summed E-state index contributed by atoms with van der Waals surface area (Å²) >= 11 is 6.11. The summed E-state index contributed by atoms with van der Waals surface area (Å²) in [7, 11) is -3.60. The Bertz CT molecular complexity index is 750. The van der Waals surface area contributed by atoms with Gasteiger partial charge in [0.05, 0.1) is 3.79 Å². The van der Waals surface area contributed by atoms with E-state index in [1.54, 1.807) is 12.3 Å². The molecule has 1 aliphatic carbocycles. The topological polar surface area (TPSA) is 71.1 Å². The number of aryl methyl sites for hydroxylation is 1. The highest BCUT2D eigenvalue weighted by atomic mass is 79.9. The molecule has 1 aliphatic rings. The quantitative estimate of drug-likeness (QED) is 0.769. The molecule has 5 nitrogen and oxygen atoms in total. The second-order valence-electron chi connectivity index (χ2n) is 4.89. The van der Waals surface area contributed by atoms with Crippen molar-refractivity contribution >= 4 is 53.8 Å². The van der Waals surface area contributed by atoms with Gasteiger partial charge in [-0.25, -0.2) is 13.4 Å². The Hall–Kier alpha value is -0.480. The summed E-state index contributed by atoms with van der Waals surface area (Å²) in [5, 5.41) is 3.77. The standard InChI is InChI=1S/C12H14BrN3O2S3/c1-7-5-15-12(19-7)16-21(17,18)10-4-9(20-11(10)13)6-14-8-2-3-8/h4-5,8,14H,2-3,6H2,1H3,(H,15,16). The number of nitrogens with one attached hydrogen (secondary N) is 2. The van der Waals surface area contributed by atoms with E-state index in [1.807, 2.05) is 6.92 Å². The maximum atomic E-state index is 12.4. The molecule has 0 unspecified atom stereocenters. The molecule has 0 radical (unpaired) electrons. The van der Waals surface area contributed by atoms with E-state index in [4.69, 9.17) is 0 Å². The van der Waals surface area contributed by atoms with Gasteiger partial charge in [0.1, 0.15) is 4.90 Å². The van der Waals surface area contributed by atoms with E-state index in [1.165, 1.54) is 35.5 Å². The summed E-state index contributed by atoms with van der Waals surface area (Å²) in [6.45, 7) is 2.59. The normalized spacial score (nSPS) is 15.3. The lowest BCUT2D eigenvalue weighted by Gasteiger charge is -2.03. The van der Waals surface area contributed by atoms with Crippen LogP contribution in [0.2, 0.25) is 0 Å². The first-order valence-corrected chi connectivity index (χ1v) is 10.3. The number of thiophene rings is 1. The predicted molar refractivity (Wildman–Crippen MR) is 89.5 cm³/mol. The fraction of sp³-hybridized carbons (Fsp3) is 0.417. The Morgan fingerprint density at radius 2 is 2.19 bits per heavy atom. The molecule has 114 valence electrons. The molecule has 1 saturated carbocycles. The molecule has 0 bridgehead atoms. The molecule has 0 spiro atoms. The van der Waals surface area contributed by atoms with Crippen LogP contribution in [0, 0.1) is 6.92 Å². The summed E-state index contributed by atoms with van der Waals surface area (Å²) in [5.74, 6) is 0. The van der Waals surface area contributed by atoms with Gasteiger partial charge in [0.2, 0.25) is 0 Å². The third-order valence-corrected chi connectivity index (χ3v) is 7.53. The lowest BCUT2D eigenvalue weighted by molar-refractivity contribution is 0.601. The first-order chi connectivity index (χ1) is 9.94. The fourth-order valence-electron chi connectivity index (χ4n) is 1.77. The Balaban J connectivity index is 1.77. The molecule has 0 saturated heterocycles. The smallest absolute Gasteiger partial charge is 0.265 e. The van der Waals surface area contributed by atoms with E-state index in [0.717, 1.165) is 9.75 Å². The molecule has 0 atom stereocenters. The highest BCUT2D eigenvalue weighted by Crippen LogP contribution is 2.33. The number of sulfonamides is 1. The van der Waals surface area contributed by atoms with E-state index < -0.39 is 10.0 Å². The van der Waals surface area contributed by atoms with Crippen molar-refractivity contribution in [2.75, 3.05) is 4.72 Å². The van der Waals surface area contributed by atoms with Crippen molar-refractivity contribution in [1.82, 2.24) is 10.3 Å². The Labute approximate surface area is 140 Å². The van der Waals surface area contributed by atoms with E-state index in [9.17, 15) is 8.42 Å². The van der Waals surface area contributed by atoms with Crippen molar-refractivity contribution in [1.29, 1.82) is 0 Å². The van der Waals surface area contributed by atoms with Gasteiger partial charge in [0.15, 0.2) is 5.13 Å². The molecule has 2 heterocycles. The van der Waals surface area contributed by atoms with Gasteiger partial charge in [0.25, 0.3) is 10.0 Å². The molecule has 1 fully saturated rings. The van der Waals surface area contributed by atoms with Gasteiger partial charge in [-0.2, -0.15) is 0 Å². The van der Waals surface area contributed by atoms with E-state index in [0.29, 0.717) is 21.5 Å². The van der Waals surface area contributed by atoms with Gasteiger partial charge in [-0.05, 0) is 41.8 Å². The van der Waals surface area contributed by atoms with Crippen LogP contribution in [-0.4, -0.2) is 19.4 Å². The van der Waals surface area contributed by atoms with Crippen LogP contribution in [0.1, 0.15) is 22.6 Å². The van der Waals surface area contributed by atoms with Gasteiger partial charge >= 0.3 is 0 Å². The zero-order chi connectivity index (χ0) is 15.0. The van der Waals surface area contributed by atoms with Crippen molar-refractivity contribution in [3.63, 3.8) is 0 Å². The highest BCUT2D eigenvalue weighted by Gasteiger charge is 2.24. The van der Waals surface area contributed by atoms with Crippen LogP contribution in [0.4, 0.5) is 5.13 Å². The SMILES string of the molecule is Cc1cnc(NS(=O)(=O)c2cc(CNC3CC3)sc2Br)s1. The molecule has 3 rings (SSSR count). The minimum Gasteiger partial charge on any atom is -0.309 e. The number of hydrogen-bond acceptors (Lipinski definition) is 6. The fourth-order valence-corrected chi connectivity index (χ4v) is 6.31. The molecule has 2 aromatic heterocycles. The van der Waals surface area contributed by atoms with Crippen LogP contribution >= 0.6 is 38.6 Å². The van der Waals surface area contributed by atoms with Crippen molar-refractivity contribution in [3.8, 4) is 0 Å². The Morgan fingerprint density at radius 1 is 1.43 bits per heavy atom. The number of halogens is 1. The number of rotatable bonds is 6. The number of thiazole rings is 1. The number of nitrogens with zero attached hydrogens (tertiary/aromatic N) is 1. The molecule has 2 aromatic rings. The van der Waals surface area contributed by atoms with Crippen molar-refractivity contribution < 1.29 is 8.42 Å². The summed E-state index contributed by atoms with van der Waals surface area (Å²) in [4.78, 5) is 6.27. The van der Waals surface area contributed by atoms with E-state index in [-0.39, 0.29) is 4.90 Å². The molecule has 0 aromatic carbocycles. The van der Waals surface area contributed by atoms with Crippen LogP contribution < -0.4 is 10.0 Å². The predicted octanol–water partition coefficient (Wildman–Crippen LogP) is 3.33. The zero-order valence-electron chi connectivity index (χ0n) is 11.2. The Kier molecular flexibility index (Phi) is 4.37. The molecule has 2 N–H and O–H groups in total. The van der Waals surface area contributed by atoms with Crippen LogP contribution in [0.25, 0.3) is 0 Å². The zero-order valence-corrected chi connectivity index (χ0v) is 15.3. The first kappa shape index (κ1) is 15.4. The number of anilines is 1. The number of aromatic nitrogens is 1. The van der Waals surface area contributed by atoms with Gasteiger partial charge in [0, 0.05) is 28.5 Å². The molecular weight excluding hydrogens is 394 g/mol. The second kappa shape index (κ2) is 5.96. The molecule has 0 aliphatic heterocycles. The summed E-state index contributed by atoms with van der Waals surface area (Å²) < 4.78 is 28.0. The van der Waals surface area contributed by atoms with Gasteiger partial charge in [-0.1, -0.05) is 0 Å². The molecular formula is C12H14BrN3O2S3. The van der Waals surface area contributed by atoms with Gasteiger partial charge in [-0.3, -0.25) is 4.72 Å². The summed E-state index contributed by atoms with van der Waals surface area (Å²) in [6, 6.07) is 2.31. The van der Waals surface area contributed by atoms with Crippen molar-refractivity contribution in [2.24, 2.45) is 0 Å². The first-order valence-electron chi connectivity index (χ1n) is 6.41. The maximum Gasteiger partial charge on any atom is 0.265 e. The largest absolute Gasteiger partial charge is 0.309 e. The molecule has 0 amide bonds. The average molecular weight is 408 g/mol. The maximum absolute atomic E-state index is 12.4. The van der Waals surface area contributed by atoms with Crippen LogP contribution in [0.5, 0.6) is 0 Å². The van der Waals surface area contributed by atoms with Gasteiger partial charge < -0.3 is 5.32 Å². The minimum absolute atomic E-state index is 0.271. The molecule has 21 heavy (non-hydrogen) atoms. The van der Waals surface area contributed by atoms with E-state index in [2.05, 4.69) is 31.0 Å². The van der Waals surface area contributed by atoms with Crippen molar-refractivity contribution in [2.45, 2.75) is 37.2 Å². The highest BCUT2D eigenvalue weighted by molar-refractivity contribution is 9.11. The average Bonchev–Trinajstić information content (AvgIpc) is 3.03. The van der Waals surface area contributed by atoms with Gasteiger partial charge in [-0.15, -0.1) is 22.7 Å². The van der Waals surface area contributed by atoms with E-state index >= 15 is 0 Å².